The molecule has 9 nitrogen and oxygen atoms in total. The third kappa shape index (κ3) is 5.13. The lowest BCUT2D eigenvalue weighted by Crippen LogP contribution is -2.39. The Labute approximate surface area is 194 Å². The van der Waals surface area contributed by atoms with Crippen molar-refractivity contribution in [2.75, 3.05) is 57.6 Å². The van der Waals surface area contributed by atoms with Crippen molar-refractivity contribution in [3.05, 3.63) is 35.2 Å². The maximum atomic E-state index is 13.5. The van der Waals surface area contributed by atoms with Crippen LogP contribution in [-0.2, 0) is 17.7 Å². The Kier molecular flexibility index (Phi) is 7.49. The molecule has 0 atom stereocenters. The zero-order chi connectivity index (χ0) is 23.2. The van der Waals surface area contributed by atoms with E-state index in [1.54, 1.807) is 12.1 Å². The standard InChI is InChI=1S/C24H32N4O5/c1-4-31-20-13-18(14-21(32-5-2)22(20)33-6-3)23(29)28-8-7-17-15-25-24(26-19(17)16-28)27-9-11-30-12-10-27/h13-15H,4-12,16H2,1-3H3. The fourth-order valence-corrected chi connectivity index (χ4v) is 4.08. The van der Waals surface area contributed by atoms with Crippen molar-refractivity contribution in [3.63, 3.8) is 0 Å². The monoisotopic (exact) mass is 456 g/mol. The van der Waals surface area contributed by atoms with Crippen LogP contribution in [0, 0.1) is 0 Å². The van der Waals surface area contributed by atoms with Crippen LogP contribution in [0.4, 0.5) is 5.95 Å². The Morgan fingerprint density at radius 3 is 2.30 bits per heavy atom. The van der Waals surface area contributed by atoms with Crippen molar-refractivity contribution in [3.8, 4) is 17.2 Å². The number of hydrogen-bond acceptors (Lipinski definition) is 8. The van der Waals surface area contributed by atoms with Crippen LogP contribution in [-0.4, -0.2) is 73.4 Å². The van der Waals surface area contributed by atoms with E-state index in [1.165, 1.54) is 0 Å². The Hall–Kier alpha value is -3.07. The average molecular weight is 457 g/mol. The highest BCUT2D eigenvalue weighted by Crippen LogP contribution is 2.39. The molecule has 2 aliphatic heterocycles. The van der Waals surface area contributed by atoms with E-state index in [1.807, 2.05) is 31.9 Å². The topological polar surface area (TPSA) is 86.3 Å². The number of ether oxygens (including phenoxy) is 4. The smallest absolute Gasteiger partial charge is 0.254 e. The van der Waals surface area contributed by atoms with Crippen LogP contribution < -0.4 is 19.1 Å². The summed E-state index contributed by atoms with van der Waals surface area (Å²) in [5.74, 6) is 2.18. The van der Waals surface area contributed by atoms with E-state index in [0.29, 0.717) is 74.9 Å². The molecule has 0 radical (unpaired) electrons. The van der Waals surface area contributed by atoms with Gasteiger partial charge in [-0.3, -0.25) is 4.79 Å². The molecule has 1 aromatic heterocycles. The molecule has 0 bridgehead atoms. The maximum absolute atomic E-state index is 13.5. The van der Waals surface area contributed by atoms with E-state index in [0.717, 1.165) is 30.8 Å². The summed E-state index contributed by atoms with van der Waals surface area (Å²) in [6.45, 7) is 11.0. The van der Waals surface area contributed by atoms with Gasteiger partial charge in [-0.15, -0.1) is 0 Å². The number of hydrogen-bond donors (Lipinski definition) is 0. The van der Waals surface area contributed by atoms with Crippen LogP contribution >= 0.6 is 0 Å². The van der Waals surface area contributed by atoms with Gasteiger partial charge in [0.05, 0.1) is 45.3 Å². The van der Waals surface area contributed by atoms with Gasteiger partial charge in [0.1, 0.15) is 0 Å². The van der Waals surface area contributed by atoms with Gasteiger partial charge in [0.15, 0.2) is 11.5 Å². The summed E-state index contributed by atoms with van der Waals surface area (Å²) in [6, 6.07) is 3.49. The summed E-state index contributed by atoms with van der Waals surface area (Å²) in [4.78, 5) is 26.8. The normalized spacial score (nSPS) is 15.7. The van der Waals surface area contributed by atoms with Gasteiger partial charge in [-0.05, 0) is 44.9 Å². The molecular formula is C24H32N4O5. The Balaban J connectivity index is 1.58. The van der Waals surface area contributed by atoms with Crippen molar-refractivity contribution in [2.24, 2.45) is 0 Å². The molecule has 0 aliphatic carbocycles. The number of aromatic nitrogens is 2. The van der Waals surface area contributed by atoms with Crippen molar-refractivity contribution in [1.29, 1.82) is 0 Å². The molecule has 0 unspecified atom stereocenters. The highest BCUT2D eigenvalue weighted by molar-refractivity contribution is 5.95. The molecule has 0 saturated carbocycles. The number of anilines is 1. The Morgan fingerprint density at radius 2 is 1.67 bits per heavy atom. The quantitative estimate of drug-likeness (QED) is 0.599. The first-order valence-electron chi connectivity index (χ1n) is 11.7. The number of rotatable bonds is 8. The second-order valence-electron chi connectivity index (χ2n) is 7.82. The van der Waals surface area contributed by atoms with E-state index < -0.39 is 0 Å². The molecule has 2 aromatic rings. The van der Waals surface area contributed by atoms with Crippen molar-refractivity contribution >= 4 is 11.9 Å². The fraction of sp³-hybridized carbons (Fsp3) is 0.542. The fourth-order valence-electron chi connectivity index (χ4n) is 4.08. The van der Waals surface area contributed by atoms with Gasteiger partial charge in [-0.1, -0.05) is 0 Å². The van der Waals surface area contributed by atoms with Gasteiger partial charge in [0.25, 0.3) is 5.91 Å². The molecule has 9 heteroatoms. The minimum absolute atomic E-state index is 0.0860. The molecule has 1 aromatic carbocycles. The van der Waals surface area contributed by atoms with Crippen molar-refractivity contribution in [2.45, 2.75) is 33.7 Å². The molecule has 178 valence electrons. The number of amides is 1. The number of benzene rings is 1. The predicted octanol–water partition coefficient (Wildman–Crippen LogP) is 2.71. The number of nitrogens with zero attached hydrogens (tertiary/aromatic N) is 4. The van der Waals surface area contributed by atoms with Crippen LogP contribution in [0.3, 0.4) is 0 Å². The molecular weight excluding hydrogens is 424 g/mol. The highest BCUT2D eigenvalue weighted by Gasteiger charge is 2.27. The number of morpholine rings is 1. The summed E-state index contributed by atoms with van der Waals surface area (Å²) in [5.41, 5.74) is 2.50. The summed E-state index contributed by atoms with van der Waals surface area (Å²) in [7, 11) is 0. The minimum Gasteiger partial charge on any atom is -0.490 e. The van der Waals surface area contributed by atoms with E-state index in [9.17, 15) is 4.79 Å². The lowest BCUT2D eigenvalue weighted by molar-refractivity contribution is 0.0730. The van der Waals surface area contributed by atoms with Gasteiger partial charge < -0.3 is 28.7 Å². The predicted molar refractivity (Wildman–Crippen MR) is 123 cm³/mol. The molecule has 33 heavy (non-hydrogen) atoms. The second kappa shape index (κ2) is 10.7. The average Bonchev–Trinajstić information content (AvgIpc) is 2.85. The first kappa shape index (κ1) is 23.1. The zero-order valence-corrected chi connectivity index (χ0v) is 19.6. The minimum atomic E-state index is -0.0860. The van der Waals surface area contributed by atoms with Gasteiger partial charge in [-0.2, -0.15) is 0 Å². The molecule has 1 saturated heterocycles. The summed E-state index contributed by atoms with van der Waals surface area (Å²) < 4.78 is 22.8. The summed E-state index contributed by atoms with van der Waals surface area (Å²) >= 11 is 0. The van der Waals surface area contributed by atoms with Crippen LogP contribution in [0.5, 0.6) is 17.2 Å². The lowest BCUT2D eigenvalue weighted by atomic mass is 10.1. The van der Waals surface area contributed by atoms with Crippen LogP contribution in [0.25, 0.3) is 0 Å². The van der Waals surface area contributed by atoms with E-state index >= 15 is 0 Å². The van der Waals surface area contributed by atoms with E-state index in [-0.39, 0.29) is 5.91 Å². The molecule has 1 amide bonds. The maximum Gasteiger partial charge on any atom is 0.254 e. The molecule has 2 aliphatic rings. The number of fused-ring (bicyclic) bond motifs is 1. The summed E-state index contributed by atoms with van der Waals surface area (Å²) in [6.07, 6.45) is 2.62. The highest BCUT2D eigenvalue weighted by atomic mass is 16.5. The third-order valence-corrected chi connectivity index (χ3v) is 5.67. The van der Waals surface area contributed by atoms with Crippen LogP contribution in [0.1, 0.15) is 42.4 Å². The largest absolute Gasteiger partial charge is 0.490 e. The van der Waals surface area contributed by atoms with E-state index in [4.69, 9.17) is 23.9 Å². The van der Waals surface area contributed by atoms with Crippen LogP contribution in [0.2, 0.25) is 0 Å². The first-order chi connectivity index (χ1) is 16.1. The van der Waals surface area contributed by atoms with Crippen LogP contribution in [0.15, 0.2) is 18.3 Å². The molecule has 1 fully saturated rings. The van der Waals surface area contributed by atoms with E-state index in [2.05, 4.69) is 9.88 Å². The molecule has 0 spiro atoms. The first-order valence-corrected chi connectivity index (χ1v) is 11.7. The van der Waals surface area contributed by atoms with Gasteiger partial charge in [-0.25, -0.2) is 9.97 Å². The molecule has 4 rings (SSSR count). The second-order valence-corrected chi connectivity index (χ2v) is 7.82. The molecule has 0 N–H and O–H groups in total. The SMILES string of the molecule is CCOc1cc(C(=O)N2CCc3cnc(N4CCOCC4)nc3C2)cc(OCC)c1OCC. The number of carbonyl (C=O) groups is 1. The lowest BCUT2D eigenvalue weighted by Gasteiger charge is -2.31. The summed E-state index contributed by atoms with van der Waals surface area (Å²) in [5, 5.41) is 0. The van der Waals surface area contributed by atoms with Crippen molar-refractivity contribution in [1.82, 2.24) is 14.9 Å². The van der Waals surface area contributed by atoms with Gasteiger partial charge in [0.2, 0.25) is 11.7 Å². The third-order valence-electron chi connectivity index (χ3n) is 5.67. The number of carbonyl (C=O) groups excluding carboxylic acids is 1. The Bertz CT molecular complexity index is 950. The zero-order valence-electron chi connectivity index (χ0n) is 19.6. The van der Waals surface area contributed by atoms with Gasteiger partial charge in [0, 0.05) is 31.4 Å². The van der Waals surface area contributed by atoms with Gasteiger partial charge >= 0.3 is 0 Å². The molecule has 3 heterocycles. The Morgan fingerprint density at radius 1 is 1.00 bits per heavy atom. The van der Waals surface area contributed by atoms with Crippen molar-refractivity contribution < 1.29 is 23.7 Å².